The van der Waals surface area contributed by atoms with Crippen molar-refractivity contribution in [3.63, 3.8) is 0 Å². The summed E-state index contributed by atoms with van der Waals surface area (Å²) in [5.41, 5.74) is -0.677. The van der Waals surface area contributed by atoms with Crippen LogP contribution in [0.4, 0.5) is 4.79 Å². The summed E-state index contributed by atoms with van der Waals surface area (Å²) in [7, 11) is 0. The third-order valence-electron chi connectivity index (χ3n) is 6.34. The van der Waals surface area contributed by atoms with Crippen LogP contribution in [0.15, 0.2) is 0 Å². The lowest BCUT2D eigenvalue weighted by Gasteiger charge is -2.54. The van der Waals surface area contributed by atoms with Gasteiger partial charge < -0.3 is 15.7 Å². The topological polar surface area (TPSA) is 64.6 Å². The number of carboxylic acid groups (broad SMARTS) is 1. The number of piperidine rings is 1. The van der Waals surface area contributed by atoms with Crippen LogP contribution in [0.5, 0.6) is 0 Å². The van der Waals surface area contributed by atoms with Gasteiger partial charge >= 0.3 is 6.09 Å². The monoisotopic (exact) mass is 411 g/mol. The van der Waals surface area contributed by atoms with E-state index in [1.54, 1.807) is 4.90 Å². The largest absolute Gasteiger partial charge is 0.465 e. The predicted molar refractivity (Wildman–Crippen MR) is 124 cm³/mol. The van der Waals surface area contributed by atoms with Gasteiger partial charge in [-0.15, -0.1) is 0 Å². The molecule has 0 aromatic rings. The zero-order valence-corrected chi connectivity index (χ0v) is 20.0. The van der Waals surface area contributed by atoms with Crippen molar-refractivity contribution >= 4 is 6.09 Å². The Bertz CT molecular complexity index is 433. The highest BCUT2D eigenvalue weighted by atomic mass is 16.4. The molecule has 0 unspecified atom stereocenters. The van der Waals surface area contributed by atoms with Crippen LogP contribution in [-0.2, 0) is 0 Å². The van der Waals surface area contributed by atoms with Gasteiger partial charge in [0.25, 0.3) is 0 Å². The second-order valence-corrected chi connectivity index (χ2v) is 10.2. The van der Waals surface area contributed by atoms with Gasteiger partial charge in [-0.25, -0.2) is 4.79 Å². The highest BCUT2D eigenvalue weighted by Crippen LogP contribution is 2.38. The molecule has 172 valence electrons. The number of amides is 1. The molecule has 1 fully saturated rings. The van der Waals surface area contributed by atoms with Crippen LogP contribution in [0.1, 0.15) is 112 Å². The molecule has 0 aromatic carbocycles. The van der Waals surface area contributed by atoms with Crippen molar-refractivity contribution < 1.29 is 9.90 Å². The summed E-state index contributed by atoms with van der Waals surface area (Å²) in [6.45, 7) is 13.5. The lowest BCUT2D eigenvalue weighted by atomic mass is 9.77. The standard InChI is InChI=1S/C24H49N3O2/c1-6-7-8-9-10-11-12-13-14-15-16-25-17-18-26-21-19-23(2,3)27(22(28)29)24(4,5)20-21/h21,25-26H,6-20H2,1-5H3,(H,28,29). The van der Waals surface area contributed by atoms with E-state index >= 15 is 0 Å². The Morgan fingerprint density at radius 3 is 1.79 bits per heavy atom. The first-order valence-corrected chi connectivity index (χ1v) is 12.2. The number of nitrogens with zero attached hydrogens (tertiary/aromatic N) is 1. The molecule has 1 aliphatic heterocycles. The van der Waals surface area contributed by atoms with Crippen LogP contribution >= 0.6 is 0 Å². The Balaban J connectivity index is 2.04. The maximum atomic E-state index is 11.7. The molecular weight excluding hydrogens is 362 g/mol. The van der Waals surface area contributed by atoms with E-state index < -0.39 is 6.09 Å². The van der Waals surface area contributed by atoms with E-state index in [0.29, 0.717) is 6.04 Å². The number of rotatable bonds is 15. The minimum absolute atomic E-state index is 0.339. The molecule has 0 aromatic heterocycles. The normalized spacial score (nSPS) is 18.9. The average Bonchev–Trinajstić information content (AvgIpc) is 2.59. The average molecular weight is 412 g/mol. The van der Waals surface area contributed by atoms with Gasteiger partial charge in [0.1, 0.15) is 0 Å². The molecule has 1 aliphatic rings. The summed E-state index contributed by atoms with van der Waals surface area (Å²) in [4.78, 5) is 13.3. The second kappa shape index (κ2) is 13.5. The number of likely N-dealkylation sites (tertiary alicyclic amines) is 1. The molecular formula is C24H49N3O2. The highest BCUT2D eigenvalue weighted by molar-refractivity contribution is 5.67. The van der Waals surface area contributed by atoms with Gasteiger partial charge in [0.2, 0.25) is 0 Å². The Kier molecular flexibility index (Phi) is 12.2. The SMILES string of the molecule is CCCCCCCCCCCCNCCNC1CC(C)(C)N(C(=O)O)C(C)(C)C1. The van der Waals surface area contributed by atoms with Gasteiger partial charge in [-0.05, 0) is 53.5 Å². The number of nitrogens with one attached hydrogen (secondary N) is 2. The van der Waals surface area contributed by atoms with Crippen molar-refractivity contribution in [2.75, 3.05) is 19.6 Å². The fourth-order valence-electron chi connectivity index (χ4n) is 5.17. The molecule has 0 aliphatic carbocycles. The van der Waals surface area contributed by atoms with Crippen molar-refractivity contribution in [1.82, 2.24) is 15.5 Å². The number of hydrogen-bond donors (Lipinski definition) is 3. The highest BCUT2D eigenvalue weighted by Gasteiger charge is 2.47. The maximum Gasteiger partial charge on any atom is 0.408 e. The van der Waals surface area contributed by atoms with Crippen LogP contribution in [0, 0.1) is 0 Å². The molecule has 5 nitrogen and oxygen atoms in total. The van der Waals surface area contributed by atoms with Crippen LogP contribution < -0.4 is 10.6 Å². The van der Waals surface area contributed by atoms with Crippen molar-refractivity contribution in [2.45, 2.75) is 129 Å². The summed E-state index contributed by atoms with van der Waals surface area (Å²) in [5, 5.41) is 16.8. The summed E-state index contributed by atoms with van der Waals surface area (Å²) in [6.07, 6.45) is 14.7. The lowest BCUT2D eigenvalue weighted by Crippen LogP contribution is -2.65. The minimum Gasteiger partial charge on any atom is -0.465 e. The van der Waals surface area contributed by atoms with Crippen molar-refractivity contribution in [3.8, 4) is 0 Å². The van der Waals surface area contributed by atoms with Gasteiger partial charge in [0.05, 0.1) is 0 Å². The van der Waals surface area contributed by atoms with Crippen molar-refractivity contribution in [3.05, 3.63) is 0 Å². The molecule has 1 rings (SSSR count). The zero-order chi connectivity index (χ0) is 21.8. The Morgan fingerprint density at radius 1 is 0.828 bits per heavy atom. The smallest absolute Gasteiger partial charge is 0.408 e. The number of hydrogen-bond acceptors (Lipinski definition) is 3. The molecule has 1 heterocycles. The van der Waals surface area contributed by atoms with Crippen LogP contribution in [-0.4, -0.2) is 52.9 Å². The summed E-state index contributed by atoms with van der Waals surface area (Å²) < 4.78 is 0. The fourth-order valence-corrected chi connectivity index (χ4v) is 5.17. The van der Waals surface area contributed by atoms with Gasteiger partial charge in [-0.2, -0.15) is 0 Å². The molecule has 0 atom stereocenters. The van der Waals surface area contributed by atoms with Crippen molar-refractivity contribution in [2.24, 2.45) is 0 Å². The number of carbonyl (C=O) groups is 1. The quantitative estimate of drug-likeness (QED) is 0.299. The second-order valence-electron chi connectivity index (χ2n) is 10.2. The third-order valence-corrected chi connectivity index (χ3v) is 6.34. The van der Waals surface area contributed by atoms with E-state index in [0.717, 1.165) is 32.5 Å². The Labute approximate surface area is 180 Å². The maximum absolute atomic E-state index is 11.7. The molecule has 29 heavy (non-hydrogen) atoms. The fraction of sp³-hybridized carbons (Fsp3) is 0.958. The molecule has 5 heteroatoms. The first-order valence-electron chi connectivity index (χ1n) is 12.2. The van der Waals surface area contributed by atoms with Gasteiger partial charge in [-0.3, -0.25) is 4.90 Å². The van der Waals surface area contributed by atoms with Crippen LogP contribution in [0.3, 0.4) is 0 Å². The van der Waals surface area contributed by atoms with Gasteiger partial charge in [-0.1, -0.05) is 64.7 Å². The van der Waals surface area contributed by atoms with E-state index in [-0.39, 0.29) is 11.1 Å². The number of unbranched alkanes of at least 4 members (excludes halogenated alkanes) is 9. The summed E-state index contributed by atoms with van der Waals surface area (Å²) >= 11 is 0. The molecule has 0 spiro atoms. The van der Waals surface area contributed by atoms with E-state index in [9.17, 15) is 9.90 Å². The molecule has 1 saturated heterocycles. The van der Waals surface area contributed by atoms with E-state index in [1.807, 2.05) is 27.7 Å². The molecule has 0 bridgehead atoms. The van der Waals surface area contributed by atoms with Crippen LogP contribution in [0.2, 0.25) is 0 Å². The first-order chi connectivity index (χ1) is 13.7. The van der Waals surface area contributed by atoms with E-state index in [4.69, 9.17) is 0 Å². The van der Waals surface area contributed by atoms with Crippen LogP contribution in [0.25, 0.3) is 0 Å². The lowest BCUT2D eigenvalue weighted by molar-refractivity contribution is -0.0227. The van der Waals surface area contributed by atoms with E-state index in [2.05, 4.69) is 17.6 Å². The molecule has 0 saturated carbocycles. The Morgan fingerprint density at radius 2 is 1.31 bits per heavy atom. The molecule has 3 N–H and O–H groups in total. The summed E-state index contributed by atoms with van der Waals surface area (Å²) in [5.74, 6) is 0. The molecule has 1 amide bonds. The first kappa shape index (κ1) is 26.2. The summed E-state index contributed by atoms with van der Waals surface area (Å²) in [6, 6.07) is 0.370. The minimum atomic E-state index is -0.809. The van der Waals surface area contributed by atoms with Gasteiger partial charge in [0, 0.05) is 30.2 Å². The zero-order valence-electron chi connectivity index (χ0n) is 20.0. The Hall–Kier alpha value is -0.810. The van der Waals surface area contributed by atoms with Crippen molar-refractivity contribution in [1.29, 1.82) is 0 Å². The third kappa shape index (κ3) is 10.2. The predicted octanol–water partition coefficient (Wildman–Crippen LogP) is 5.79. The van der Waals surface area contributed by atoms with Gasteiger partial charge in [0.15, 0.2) is 0 Å². The van der Waals surface area contributed by atoms with E-state index in [1.165, 1.54) is 64.2 Å². The molecule has 0 radical (unpaired) electrons.